The molecule has 0 radical (unpaired) electrons. The van der Waals surface area contributed by atoms with Gasteiger partial charge in [0.05, 0.1) is 17.6 Å². The van der Waals surface area contributed by atoms with Crippen molar-refractivity contribution in [2.45, 2.75) is 25.9 Å². The van der Waals surface area contributed by atoms with Crippen molar-refractivity contribution in [3.63, 3.8) is 0 Å². The Labute approximate surface area is 150 Å². The predicted octanol–water partition coefficient (Wildman–Crippen LogP) is 3.52. The first kappa shape index (κ1) is 17.2. The molecule has 7 heteroatoms. The van der Waals surface area contributed by atoms with Gasteiger partial charge in [0.1, 0.15) is 0 Å². The van der Waals surface area contributed by atoms with Gasteiger partial charge in [0.15, 0.2) is 5.82 Å². The van der Waals surface area contributed by atoms with Gasteiger partial charge < -0.3 is 5.32 Å². The molecule has 0 fully saturated rings. The third-order valence-electron chi connectivity index (χ3n) is 3.75. The van der Waals surface area contributed by atoms with E-state index in [1.54, 1.807) is 6.20 Å². The number of nitrogens with one attached hydrogen (secondary N) is 2. The number of hydrogen-bond donors (Lipinski definition) is 2. The van der Waals surface area contributed by atoms with E-state index >= 15 is 0 Å². The predicted molar refractivity (Wildman–Crippen MR) is 99.6 cm³/mol. The molecule has 0 saturated carbocycles. The van der Waals surface area contributed by atoms with Gasteiger partial charge in [0, 0.05) is 11.3 Å². The molecule has 128 valence electrons. The van der Waals surface area contributed by atoms with Gasteiger partial charge in [0.2, 0.25) is 11.1 Å². The van der Waals surface area contributed by atoms with E-state index in [4.69, 9.17) is 0 Å². The summed E-state index contributed by atoms with van der Waals surface area (Å²) in [5.41, 5.74) is 4.86. The summed E-state index contributed by atoms with van der Waals surface area (Å²) in [6.07, 6.45) is 1.66. The minimum atomic E-state index is -0.114. The van der Waals surface area contributed by atoms with E-state index in [9.17, 15) is 4.79 Å². The SMILES string of the molecule is Cc1ccc(-c2nc(SCC(=O)Nc3cnc(C)c(C)c3)n[nH]2)cc1. The van der Waals surface area contributed by atoms with Gasteiger partial charge in [-0.25, -0.2) is 4.98 Å². The Morgan fingerprint density at radius 2 is 1.96 bits per heavy atom. The summed E-state index contributed by atoms with van der Waals surface area (Å²) in [5, 5.41) is 10.4. The maximum absolute atomic E-state index is 12.1. The summed E-state index contributed by atoms with van der Waals surface area (Å²) >= 11 is 1.29. The number of benzene rings is 1. The first-order valence-electron chi connectivity index (χ1n) is 7.86. The fourth-order valence-electron chi connectivity index (χ4n) is 2.19. The summed E-state index contributed by atoms with van der Waals surface area (Å²) in [5.74, 6) is 0.816. The summed E-state index contributed by atoms with van der Waals surface area (Å²) in [6.45, 7) is 5.94. The number of pyridine rings is 1. The average molecular weight is 353 g/mol. The molecule has 0 aliphatic rings. The molecule has 2 heterocycles. The fraction of sp³-hybridized carbons (Fsp3) is 0.222. The fourth-order valence-corrected chi connectivity index (χ4v) is 2.79. The van der Waals surface area contributed by atoms with Gasteiger partial charge in [-0.3, -0.25) is 14.9 Å². The maximum Gasteiger partial charge on any atom is 0.234 e. The lowest BCUT2D eigenvalue weighted by Gasteiger charge is -2.06. The zero-order chi connectivity index (χ0) is 17.8. The number of rotatable bonds is 5. The van der Waals surface area contributed by atoms with Crippen molar-refractivity contribution < 1.29 is 4.79 Å². The monoisotopic (exact) mass is 353 g/mol. The maximum atomic E-state index is 12.1. The molecule has 0 aliphatic heterocycles. The molecule has 0 atom stereocenters. The summed E-state index contributed by atoms with van der Waals surface area (Å²) in [7, 11) is 0. The molecule has 6 nitrogen and oxygen atoms in total. The Hall–Kier alpha value is -2.67. The van der Waals surface area contributed by atoms with Crippen LogP contribution in [0.5, 0.6) is 0 Å². The van der Waals surface area contributed by atoms with Crippen LogP contribution in [0.4, 0.5) is 5.69 Å². The van der Waals surface area contributed by atoms with Crippen molar-refractivity contribution in [1.82, 2.24) is 20.2 Å². The molecule has 0 bridgehead atoms. The Morgan fingerprint density at radius 1 is 1.20 bits per heavy atom. The van der Waals surface area contributed by atoms with E-state index in [1.165, 1.54) is 17.3 Å². The normalized spacial score (nSPS) is 10.7. The molecule has 3 aromatic rings. The van der Waals surface area contributed by atoms with Crippen molar-refractivity contribution in [3.8, 4) is 11.4 Å². The Balaban J connectivity index is 1.57. The molecular weight excluding hydrogens is 334 g/mol. The zero-order valence-corrected chi connectivity index (χ0v) is 15.1. The molecule has 2 aromatic heterocycles. The van der Waals surface area contributed by atoms with Crippen LogP contribution in [0.25, 0.3) is 11.4 Å². The zero-order valence-electron chi connectivity index (χ0n) is 14.3. The summed E-state index contributed by atoms with van der Waals surface area (Å²) in [4.78, 5) is 20.7. The number of hydrogen-bond acceptors (Lipinski definition) is 5. The van der Waals surface area contributed by atoms with Crippen molar-refractivity contribution in [3.05, 3.63) is 53.3 Å². The van der Waals surface area contributed by atoms with Crippen LogP contribution in [-0.2, 0) is 4.79 Å². The van der Waals surface area contributed by atoms with Gasteiger partial charge in [-0.2, -0.15) is 0 Å². The van der Waals surface area contributed by atoms with E-state index in [0.717, 1.165) is 16.8 Å². The molecular formula is C18H19N5OS. The van der Waals surface area contributed by atoms with Gasteiger partial charge in [0.25, 0.3) is 0 Å². The van der Waals surface area contributed by atoms with E-state index in [2.05, 4.69) is 25.5 Å². The number of aryl methyl sites for hydroxylation is 3. The molecule has 0 spiro atoms. The highest BCUT2D eigenvalue weighted by Gasteiger charge is 2.10. The molecule has 1 amide bonds. The van der Waals surface area contributed by atoms with E-state index < -0.39 is 0 Å². The number of amides is 1. The van der Waals surface area contributed by atoms with Crippen LogP contribution in [0.15, 0.2) is 41.7 Å². The Morgan fingerprint density at radius 3 is 2.68 bits per heavy atom. The molecule has 3 rings (SSSR count). The number of aromatic amines is 1. The average Bonchev–Trinajstić information content (AvgIpc) is 3.06. The lowest BCUT2D eigenvalue weighted by atomic mass is 10.1. The second kappa shape index (κ2) is 7.48. The minimum Gasteiger partial charge on any atom is -0.324 e. The second-order valence-electron chi connectivity index (χ2n) is 5.80. The molecule has 1 aromatic carbocycles. The number of nitrogens with zero attached hydrogens (tertiary/aromatic N) is 3. The van der Waals surface area contributed by atoms with Crippen LogP contribution < -0.4 is 5.32 Å². The first-order chi connectivity index (χ1) is 12.0. The quantitative estimate of drug-likeness (QED) is 0.686. The van der Waals surface area contributed by atoms with E-state index in [1.807, 2.05) is 51.1 Å². The van der Waals surface area contributed by atoms with Crippen molar-refractivity contribution >= 4 is 23.4 Å². The molecule has 0 aliphatic carbocycles. The number of H-pyrrole nitrogens is 1. The smallest absolute Gasteiger partial charge is 0.234 e. The first-order valence-corrected chi connectivity index (χ1v) is 8.85. The number of anilines is 1. The lowest BCUT2D eigenvalue weighted by molar-refractivity contribution is -0.113. The van der Waals surface area contributed by atoms with Crippen LogP contribution in [0.2, 0.25) is 0 Å². The van der Waals surface area contributed by atoms with Crippen LogP contribution in [0.3, 0.4) is 0 Å². The van der Waals surface area contributed by atoms with E-state index in [-0.39, 0.29) is 11.7 Å². The van der Waals surface area contributed by atoms with Crippen LogP contribution >= 0.6 is 11.8 Å². The van der Waals surface area contributed by atoms with Crippen molar-refractivity contribution in [1.29, 1.82) is 0 Å². The number of carbonyl (C=O) groups excluding carboxylic acids is 1. The lowest BCUT2D eigenvalue weighted by Crippen LogP contribution is -2.14. The topological polar surface area (TPSA) is 83.6 Å². The van der Waals surface area contributed by atoms with Crippen LogP contribution in [0.1, 0.15) is 16.8 Å². The third kappa shape index (κ3) is 4.45. The summed E-state index contributed by atoms with van der Waals surface area (Å²) < 4.78 is 0. The van der Waals surface area contributed by atoms with E-state index in [0.29, 0.717) is 16.7 Å². The van der Waals surface area contributed by atoms with Gasteiger partial charge >= 0.3 is 0 Å². The Kier molecular flexibility index (Phi) is 5.14. The highest BCUT2D eigenvalue weighted by atomic mass is 32.2. The number of aromatic nitrogens is 4. The second-order valence-corrected chi connectivity index (χ2v) is 6.74. The third-order valence-corrected chi connectivity index (χ3v) is 4.59. The Bertz CT molecular complexity index is 889. The summed E-state index contributed by atoms with van der Waals surface area (Å²) in [6, 6.07) is 9.94. The standard InChI is InChI=1S/C18H19N5OS/c1-11-4-6-14(7-5-11)17-21-18(23-22-17)25-10-16(24)20-15-8-12(2)13(3)19-9-15/h4-9H,10H2,1-3H3,(H,20,24)(H,21,22,23). The van der Waals surface area contributed by atoms with Crippen molar-refractivity contribution in [2.75, 3.05) is 11.1 Å². The molecule has 2 N–H and O–H groups in total. The molecule has 0 unspecified atom stereocenters. The number of carbonyl (C=O) groups is 1. The van der Waals surface area contributed by atoms with Gasteiger partial charge in [-0.1, -0.05) is 41.6 Å². The molecule has 0 saturated heterocycles. The number of thioether (sulfide) groups is 1. The molecule has 25 heavy (non-hydrogen) atoms. The minimum absolute atomic E-state index is 0.114. The van der Waals surface area contributed by atoms with Crippen molar-refractivity contribution in [2.24, 2.45) is 0 Å². The van der Waals surface area contributed by atoms with Gasteiger partial charge in [-0.05, 0) is 32.4 Å². The highest BCUT2D eigenvalue weighted by molar-refractivity contribution is 7.99. The van der Waals surface area contributed by atoms with Crippen LogP contribution in [0, 0.1) is 20.8 Å². The highest BCUT2D eigenvalue weighted by Crippen LogP contribution is 2.20. The van der Waals surface area contributed by atoms with Crippen LogP contribution in [-0.4, -0.2) is 31.8 Å². The largest absolute Gasteiger partial charge is 0.324 e. The van der Waals surface area contributed by atoms with Gasteiger partial charge in [-0.15, -0.1) is 5.10 Å².